The summed E-state index contributed by atoms with van der Waals surface area (Å²) in [6.45, 7) is 1.60. The van der Waals surface area contributed by atoms with Crippen molar-refractivity contribution in [1.29, 1.82) is 0 Å². The van der Waals surface area contributed by atoms with E-state index in [1.165, 1.54) is 0 Å². The lowest BCUT2D eigenvalue weighted by atomic mass is 9.99. The van der Waals surface area contributed by atoms with E-state index in [1.807, 2.05) is 0 Å². The SMILES string of the molecule is CCc1ccc(CC(F)(F)C(F)(F)C(F)(F)S(=O)(=O)O)c(F)c1. The predicted molar refractivity (Wildman–Crippen MR) is 65.9 cm³/mol. The first-order valence-corrected chi connectivity index (χ1v) is 7.49. The lowest BCUT2D eigenvalue weighted by Crippen LogP contribution is -2.58. The summed E-state index contributed by atoms with van der Waals surface area (Å²) in [5.41, 5.74) is -0.650. The van der Waals surface area contributed by atoms with Gasteiger partial charge >= 0.3 is 27.2 Å². The van der Waals surface area contributed by atoms with Crippen molar-refractivity contribution in [3.05, 3.63) is 35.1 Å². The van der Waals surface area contributed by atoms with Crippen LogP contribution in [0.15, 0.2) is 18.2 Å². The van der Waals surface area contributed by atoms with Crippen LogP contribution in [0.1, 0.15) is 18.1 Å². The molecule has 23 heavy (non-hydrogen) atoms. The Hall–Kier alpha value is -1.36. The van der Waals surface area contributed by atoms with Gasteiger partial charge in [-0.05, 0) is 23.6 Å². The maximum absolute atomic E-state index is 13.6. The van der Waals surface area contributed by atoms with Gasteiger partial charge in [-0.1, -0.05) is 19.1 Å². The summed E-state index contributed by atoms with van der Waals surface area (Å²) in [4.78, 5) is 0. The number of rotatable bonds is 6. The van der Waals surface area contributed by atoms with Crippen molar-refractivity contribution in [2.75, 3.05) is 0 Å². The molecule has 0 atom stereocenters. The molecule has 0 heterocycles. The normalized spacial score (nSPS) is 14.1. The molecule has 0 unspecified atom stereocenters. The van der Waals surface area contributed by atoms with Crippen LogP contribution in [0.4, 0.5) is 30.7 Å². The van der Waals surface area contributed by atoms with Crippen LogP contribution in [0, 0.1) is 5.82 Å². The van der Waals surface area contributed by atoms with Crippen molar-refractivity contribution in [3.63, 3.8) is 0 Å². The molecule has 0 saturated heterocycles. The number of halogens is 7. The van der Waals surface area contributed by atoms with Gasteiger partial charge in [-0.3, -0.25) is 4.55 Å². The van der Waals surface area contributed by atoms with Crippen LogP contribution >= 0.6 is 0 Å². The third-order valence-corrected chi connectivity index (χ3v) is 3.99. The van der Waals surface area contributed by atoms with E-state index in [0.29, 0.717) is 18.1 Å². The molecule has 0 fully saturated rings. The molecule has 0 radical (unpaired) electrons. The summed E-state index contributed by atoms with van der Waals surface area (Å²) in [5.74, 6) is -13.4. The van der Waals surface area contributed by atoms with E-state index in [-0.39, 0.29) is 0 Å². The van der Waals surface area contributed by atoms with Crippen LogP contribution in [-0.4, -0.2) is 30.1 Å². The molecule has 11 heteroatoms. The van der Waals surface area contributed by atoms with Crippen molar-refractivity contribution >= 4 is 10.1 Å². The molecular formula is C12H11F7O3S. The first kappa shape index (κ1) is 19.7. The summed E-state index contributed by atoms with van der Waals surface area (Å²) < 4.78 is 122. The molecule has 0 aliphatic carbocycles. The lowest BCUT2D eigenvalue weighted by Gasteiger charge is -2.31. The van der Waals surface area contributed by atoms with Crippen molar-refractivity contribution in [3.8, 4) is 0 Å². The smallest absolute Gasteiger partial charge is 0.281 e. The van der Waals surface area contributed by atoms with Crippen LogP contribution in [0.2, 0.25) is 0 Å². The average molecular weight is 368 g/mol. The summed E-state index contributed by atoms with van der Waals surface area (Å²) in [6.07, 6.45) is -1.87. The summed E-state index contributed by atoms with van der Waals surface area (Å²) in [7, 11) is -6.81. The lowest BCUT2D eigenvalue weighted by molar-refractivity contribution is -0.280. The number of aryl methyl sites for hydroxylation is 1. The minimum atomic E-state index is -6.81. The fourth-order valence-corrected chi connectivity index (χ4v) is 2.15. The second kappa shape index (κ2) is 5.93. The van der Waals surface area contributed by atoms with Crippen LogP contribution in [0.25, 0.3) is 0 Å². The molecular weight excluding hydrogens is 357 g/mol. The van der Waals surface area contributed by atoms with Gasteiger partial charge in [-0.2, -0.15) is 34.8 Å². The molecule has 1 aromatic rings. The van der Waals surface area contributed by atoms with Crippen LogP contribution in [0.3, 0.4) is 0 Å². The maximum Gasteiger partial charge on any atom is 0.437 e. The van der Waals surface area contributed by atoms with Gasteiger partial charge in [-0.15, -0.1) is 0 Å². The van der Waals surface area contributed by atoms with Gasteiger partial charge in [0.05, 0.1) is 0 Å². The molecule has 3 nitrogen and oxygen atoms in total. The van der Waals surface area contributed by atoms with E-state index in [1.54, 1.807) is 6.92 Å². The highest BCUT2D eigenvalue weighted by Gasteiger charge is 2.77. The Morgan fingerprint density at radius 2 is 1.61 bits per heavy atom. The largest absolute Gasteiger partial charge is 0.437 e. The molecule has 0 amide bonds. The van der Waals surface area contributed by atoms with E-state index in [2.05, 4.69) is 0 Å². The molecule has 0 bridgehead atoms. The topological polar surface area (TPSA) is 54.4 Å². The molecule has 0 aliphatic rings. The summed E-state index contributed by atoms with van der Waals surface area (Å²) in [5, 5.41) is -6.44. The van der Waals surface area contributed by atoms with Crippen LogP contribution in [-0.2, 0) is 23.0 Å². The van der Waals surface area contributed by atoms with Gasteiger partial charge in [0.25, 0.3) is 0 Å². The zero-order chi connectivity index (χ0) is 18.3. The number of hydrogen-bond donors (Lipinski definition) is 1. The summed E-state index contributed by atoms with van der Waals surface area (Å²) >= 11 is 0. The fourth-order valence-electron chi connectivity index (χ4n) is 1.68. The highest BCUT2D eigenvalue weighted by molar-refractivity contribution is 7.87. The van der Waals surface area contributed by atoms with Gasteiger partial charge in [0, 0.05) is 6.42 Å². The zero-order valence-electron chi connectivity index (χ0n) is 11.5. The van der Waals surface area contributed by atoms with E-state index in [4.69, 9.17) is 4.55 Å². The minimum absolute atomic E-state index is 0.310. The van der Waals surface area contributed by atoms with E-state index >= 15 is 0 Å². The molecule has 132 valence electrons. The molecule has 1 N–H and O–H groups in total. The maximum atomic E-state index is 13.6. The Morgan fingerprint density at radius 3 is 2.00 bits per heavy atom. The Kier molecular flexibility index (Phi) is 5.08. The number of alkyl halides is 6. The third-order valence-electron chi connectivity index (χ3n) is 3.09. The third kappa shape index (κ3) is 3.44. The second-order valence-corrected chi connectivity index (χ2v) is 6.19. The Labute approximate surface area is 126 Å². The first-order chi connectivity index (χ1) is 10.2. The predicted octanol–water partition coefficient (Wildman–Crippen LogP) is 3.68. The van der Waals surface area contributed by atoms with Gasteiger partial charge in [0.15, 0.2) is 0 Å². The molecule has 0 aliphatic heterocycles. The highest BCUT2D eigenvalue weighted by atomic mass is 32.2. The minimum Gasteiger partial charge on any atom is -0.281 e. The average Bonchev–Trinajstić information content (AvgIpc) is 2.39. The highest BCUT2D eigenvalue weighted by Crippen LogP contribution is 2.49. The fraction of sp³-hybridized carbons (Fsp3) is 0.500. The van der Waals surface area contributed by atoms with Crippen molar-refractivity contribution in [1.82, 2.24) is 0 Å². The van der Waals surface area contributed by atoms with E-state index < -0.39 is 45.0 Å². The molecule has 1 aromatic carbocycles. The zero-order valence-corrected chi connectivity index (χ0v) is 12.3. The number of hydrogen-bond acceptors (Lipinski definition) is 2. The van der Waals surface area contributed by atoms with Gasteiger partial charge in [0.2, 0.25) is 0 Å². The van der Waals surface area contributed by atoms with Crippen molar-refractivity contribution in [2.24, 2.45) is 0 Å². The quantitative estimate of drug-likeness (QED) is 0.616. The molecule has 0 spiro atoms. The van der Waals surface area contributed by atoms with Crippen molar-refractivity contribution in [2.45, 2.75) is 36.9 Å². The van der Waals surface area contributed by atoms with Gasteiger partial charge < -0.3 is 0 Å². The van der Waals surface area contributed by atoms with Crippen LogP contribution < -0.4 is 0 Å². The Morgan fingerprint density at radius 1 is 1.09 bits per heavy atom. The van der Waals surface area contributed by atoms with Gasteiger partial charge in [-0.25, -0.2) is 4.39 Å². The molecule has 0 saturated carbocycles. The van der Waals surface area contributed by atoms with Crippen LogP contribution in [0.5, 0.6) is 0 Å². The molecule has 0 aromatic heterocycles. The second-order valence-electron chi connectivity index (χ2n) is 4.73. The standard InChI is InChI=1S/C12H11F7O3S/c1-2-7-3-4-8(9(13)5-7)6-10(14,15)11(16,17)12(18,19)23(20,21)22/h3-5H,2,6H2,1H3,(H,20,21,22). The van der Waals surface area contributed by atoms with Crippen molar-refractivity contribution < 1.29 is 43.7 Å². The van der Waals surface area contributed by atoms with E-state index in [9.17, 15) is 39.2 Å². The van der Waals surface area contributed by atoms with Gasteiger partial charge in [0.1, 0.15) is 5.82 Å². The van der Waals surface area contributed by atoms with E-state index in [0.717, 1.165) is 12.1 Å². The Bertz CT molecular complexity index is 686. The summed E-state index contributed by atoms with van der Waals surface area (Å²) in [6, 6.07) is 2.61. The number of benzene rings is 1. The first-order valence-electron chi connectivity index (χ1n) is 6.05. The monoisotopic (exact) mass is 368 g/mol. The molecule has 1 rings (SSSR count). The Balaban J connectivity index is 3.26.